The van der Waals surface area contributed by atoms with E-state index in [-0.39, 0.29) is 0 Å². The van der Waals surface area contributed by atoms with Gasteiger partial charge in [-0.2, -0.15) is 0 Å². The molecule has 22 heavy (non-hydrogen) atoms. The highest BCUT2D eigenvalue weighted by atomic mass is 16.3. The average Bonchev–Trinajstić information content (AvgIpc) is 3.23. The van der Waals surface area contributed by atoms with Gasteiger partial charge in [-0.15, -0.1) is 0 Å². The molecule has 0 radical (unpaired) electrons. The summed E-state index contributed by atoms with van der Waals surface area (Å²) in [5, 5.41) is 3.23. The maximum absolute atomic E-state index is 5.60. The molecule has 0 spiro atoms. The molecular formula is C16H13N5O. The zero-order valence-electron chi connectivity index (χ0n) is 11.7. The number of nitrogens with zero attached hydrogens (tertiary/aromatic N) is 3. The van der Waals surface area contributed by atoms with E-state index < -0.39 is 0 Å². The molecule has 1 aromatic carbocycles. The van der Waals surface area contributed by atoms with E-state index in [1.165, 1.54) is 6.33 Å². The van der Waals surface area contributed by atoms with Gasteiger partial charge in [-0.1, -0.05) is 30.3 Å². The molecule has 6 heteroatoms. The Labute approximate surface area is 126 Å². The summed E-state index contributed by atoms with van der Waals surface area (Å²) < 4.78 is 5.60. The molecule has 2 N–H and O–H groups in total. The number of anilines is 1. The molecule has 0 aliphatic heterocycles. The minimum absolute atomic E-state index is 0.534. The highest BCUT2D eigenvalue weighted by molar-refractivity contribution is 5.81. The highest BCUT2D eigenvalue weighted by Crippen LogP contribution is 2.22. The summed E-state index contributed by atoms with van der Waals surface area (Å²) in [6, 6.07) is 12.1. The Morgan fingerprint density at radius 3 is 2.86 bits per heavy atom. The van der Waals surface area contributed by atoms with Gasteiger partial charge in [-0.3, -0.25) is 0 Å². The van der Waals surface area contributed by atoms with E-state index in [1.807, 2.05) is 24.3 Å². The zero-order chi connectivity index (χ0) is 14.8. The number of benzene rings is 1. The van der Waals surface area contributed by atoms with Crippen molar-refractivity contribution in [3.8, 4) is 11.1 Å². The lowest BCUT2D eigenvalue weighted by Gasteiger charge is -2.02. The van der Waals surface area contributed by atoms with Gasteiger partial charge < -0.3 is 14.7 Å². The van der Waals surface area contributed by atoms with Crippen molar-refractivity contribution in [2.45, 2.75) is 6.54 Å². The van der Waals surface area contributed by atoms with E-state index in [4.69, 9.17) is 4.42 Å². The maximum Gasteiger partial charge on any atom is 0.162 e. The minimum Gasteiger partial charge on any atom is -0.467 e. The van der Waals surface area contributed by atoms with Crippen LogP contribution < -0.4 is 5.32 Å². The predicted molar refractivity (Wildman–Crippen MR) is 83.2 cm³/mol. The first-order valence-electron chi connectivity index (χ1n) is 6.91. The summed E-state index contributed by atoms with van der Waals surface area (Å²) in [5.74, 6) is 1.52. The Morgan fingerprint density at radius 1 is 1.05 bits per heavy atom. The first-order chi connectivity index (χ1) is 10.9. The minimum atomic E-state index is 0.534. The van der Waals surface area contributed by atoms with Crippen LogP contribution in [0.1, 0.15) is 5.76 Å². The van der Waals surface area contributed by atoms with Gasteiger partial charge in [0.05, 0.1) is 19.1 Å². The molecule has 0 aliphatic carbocycles. The first-order valence-corrected chi connectivity index (χ1v) is 6.91. The molecule has 0 saturated carbocycles. The fourth-order valence-electron chi connectivity index (χ4n) is 2.32. The van der Waals surface area contributed by atoms with Crippen LogP contribution in [0, 0.1) is 0 Å². The Balaban J connectivity index is 1.53. The number of H-pyrrole nitrogens is 1. The van der Waals surface area contributed by atoms with Crippen LogP contribution in [0.2, 0.25) is 0 Å². The van der Waals surface area contributed by atoms with Crippen molar-refractivity contribution < 1.29 is 4.42 Å². The average molecular weight is 291 g/mol. The van der Waals surface area contributed by atoms with Crippen molar-refractivity contribution >= 4 is 17.0 Å². The van der Waals surface area contributed by atoms with Crippen molar-refractivity contribution in [2.75, 3.05) is 5.32 Å². The summed E-state index contributed by atoms with van der Waals surface area (Å²) in [4.78, 5) is 15.5. The van der Waals surface area contributed by atoms with E-state index in [0.717, 1.165) is 22.4 Å². The van der Waals surface area contributed by atoms with Gasteiger partial charge in [0, 0.05) is 5.56 Å². The number of hydrogen-bond acceptors (Lipinski definition) is 5. The second-order valence-corrected chi connectivity index (χ2v) is 4.84. The molecular weight excluding hydrogens is 278 g/mol. The van der Waals surface area contributed by atoms with Crippen LogP contribution in [0.4, 0.5) is 5.82 Å². The first kappa shape index (κ1) is 12.6. The molecule has 0 unspecified atom stereocenters. The van der Waals surface area contributed by atoms with Crippen molar-refractivity contribution in [1.29, 1.82) is 0 Å². The summed E-state index contributed by atoms with van der Waals surface area (Å²) in [7, 11) is 0. The Hall–Kier alpha value is -3.15. The lowest BCUT2D eigenvalue weighted by molar-refractivity contribution is 0.518. The normalized spacial score (nSPS) is 10.9. The largest absolute Gasteiger partial charge is 0.467 e. The van der Waals surface area contributed by atoms with Crippen LogP contribution in [0.3, 0.4) is 0 Å². The summed E-state index contributed by atoms with van der Waals surface area (Å²) in [6.45, 7) is 0.534. The summed E-state index contributed by atoms with van der Waals surface area (Å²) in [5.41, 5.74) is 3.62. The number of fused-ring (bicyclic) bond motifs is 1. The lowest BCUT2D eigenvalue weighted by Crippen LogP contribution is -2.01. The van der Waals surface area contributed by atoms with Crippen LogP contribution in [-0.2, 0) is 6.54 Å². The van der Waals surface area contributed by atoms with Gasteiger partial charge in [0.25, 0.3) is 0 Å². The van der Waals surface area contributed by atoms with Gasteiger partial charge in [0.1, 0.15) is 17.6 Å². The standard InChI is InChI=1S/C16H13N5O/c1-2-4-11(5-3-1)12-6-13(22-8-12)7-17-15-14-16(19-9-18-14)21-10-20-15/h1-6,8-10H,7H2,(H2,17,18,19,20,21). The third kappa shape index (κ3) is 2.31. The molecule has 6 nitrogen and oxygen atoms in total. The number of hydrogen-bond donors (Lipinski definition) is 2. The molecule has 108 valence electrons. The number of rotatable bonds is 4. The van der Waals surface area contributed by atoms with Crippen molar-refractivity contribution in [2.24, 2.45) is 0 Å². The molecule has 3 heterocycles. The summed E-state index contributed by atoms with van der Waals surface area (Å²) in [6.07, 6.45) is 4.86. The van der Waals surface area contributed by atoms with Crippen molar-refractivity contribution in [3.05, 3.63) is 61.1 Å². The van der Waals surface area contributed by atoms with Crippen molar-refractivity contribution in [1.82, 2.24) is 19.9 Å². The van der Waals surface area contributed by atoms with E-state index >= 15 is 0 Å². The maximum atomic E-state index is 5.60. The van der Waals surface area contributed by atoms with Gasteiger partial charge in [-0.05, 0) is 11.6 Å². The van der Waals surface area contributed by atoms with E-state index in [9.17, 15) is 0 Å². The monoisotopic (exact) mass is 291 g/mol. The van der Waals surface area contributed by atoms with E-state index in [2.05, 4.69) is 37.4 Å². The SMILES string of the molecule is c1ccc(-c2coc(CNc3ncnc4[nH]cnc34)c2)cc1. The molecule has 0 atom stereocenters. The molecule has 0 saturated heterocycles. The third-order valence-corrected chi connectivity index (χ3v) is 3.41. The second kappa shape index (κ2) is 5.33. The van der Waals surface area contributed by atoms with Gasteiger partial charge in [-0.25, -0.2) is 15.0 Å². The topological polar surface area (TPSA) is 79.6 Å². The number of furan rings is 1. The fourth-order valence-corrected chi connectivity index (χ4v) is 2.32. The van der Waals surface area contributed by atoms with Gasteiger partial charge >= 0.3 is 0 Å². The molecule has 3 aromatic heterocycles. The van der Waals surface area contributed by atoms with E-state index in [0.29, 0.717) is 18.0 Å². The Bertz CT molecular complexity index is 897. The molecule has 4 aromatic rings. The predicted octanol–water partition coefficient (Wildman–Crippen LogP) is 3.22. The van der Waals surface area contributed by atoms with Crippen molar-refractivity contribution in [3.63, 3.8) is 0 Å². The smallest absolute Gasteiger partial charge is 0.162 e. The number of aromatic amines is 1. The van der Waals surface area contributed by atoms with E-state index in [1.54, 1.807) is 12.6 Å². The van der Waals surface area contributed by atoms with Crippen LogP contribution >= 0.6 is 0 Å². The molecule has 0 fully saturated rings. The number of aromatic nitrogens is 4. The fraction of sp³-hybridized carbons (Fsp3) is 0.0625. The van der Waals surface area contributed by atoms with Crippen LogP contribution in [-0.4, -0.2) is 19.9 Å². The van der Waals surface area contributed by atoms with Crippen LogP contribution in [0.25, 0.3) is 22.3 Å². The second-order valence-electron chi connectivity index (χ2n) is 4.84. The zero-order valence-corrected chi connectivity index (χ0v) is 11.7. The molecule has 0 amide bonds. The Kier molecular flexibility index (Phi) is 3.05. The molecule has 4 rings (SSSR count). The summed E-state index contributed by atoms with van der Waals surface area (Å²) >= 11 is 0. The van der Waals surface area contributed by atoms with Gasteiger partial charge in [0.2, 0.25) is 0 Å². The number of nitrogens with one attached hydrogen (secondary N) is 2. The highest BCUT2D eigenvalue weighted by Gasteiger charge is 2.08. The quantitative estimate of drug-likeness (QED) is 0.603. The number of imidazole rings is 1. The third-order valence-electron chi connectivity index (χ3n) is 3.41. The molecule has 0 aliphatic rings. The lowest BCUT2D eigenvalue weighted by atomic mass is 10.1. The van der Waals surface area contributed by atoms with Crippen LogP contribution in [0.5, 0.6) is 0 Å². The Morgan fingerprint density at radius 2 is 1.95 bits per heavy atom. The van der Waals surface area contributed by atoms with Crippen LogP contribution in [0.15, 0.2) is 59.7 Å². The molecule has 0 bridgehead atoms. The van der Waals surface area contributed by atoms with Gasteiger partial charge in [0.15, 0.2) is 11.5 Å².